The molecule has 0 aromatic heterocycles. The van der Waals surface area contributed by atoms with Gasteiger partial charge in [-0.05, 0) is 38.5 Å². The highest BCUT2D eigenvalue weighted by Gasteiger charge is 2.30. The molecule has 0 spiro atoms. The fraction of sp³-hybridized carbons (Fsp3) is 0.929. The van der Waals surface area contributed by atoms with E-state index in [2.05, 4.69) is 6.92 Å². The van der Waals surface area contributed by atoms with Gasteiger partial charge in [0.05, 0.1) is 6.10 Å². The van der Waals surface area contributed by atoms with E-state index in [4.69, 9.17) is 15.6 Å². The Kier molecular flexibility index (Phi) is 5.60. The summed E-state index contributed by atoms with van der Waals surface area (Å²) in [4.78, 5) is 10.9. The average molecular weight is 257 g/mol. The fourth-order valence-electron chi connectivity index (χ4n) is 2.75. The van der Waals surface area contributed by atoms with Crippen LogP contribution in [-0.2, 0) is 9.53 Å². The number of carboxylic acids is 1. The third kappa shape index (κ3) is 4.94. The van der Waals surface area contributed by atoms with Gasteiger partial charge >= 0.3 is 5.97 Å². The van der Waals surface area contributed by atoms with Crippen molar-refractivity contribution in [2.24, 2.45) is 17.6 Å². The molecule has 4 heteroatoms. The Hall–Kier alpha value is -0.610. The first-order valence-electron chi connectivity index (χ1n) is 6.95. The van der Waals surface area contributed by atoms with Crippen LogP contribution in [0.2, 0.25) is 0 Å². The molecule has 1 fully saturated rings. The lowest BCUT2D eigenvalue weighted by atomic mass is 9.83. The van der Waals surface area contributed by atoms with Gasteiger partial charge in [0.2, 0.25) is 0 Å². The predicted octanol–water partition coefficient (Wildman–Crippen LogP) is 2.41. The maximum absolute atomic E-state index is 10.9. The van der Waals surface area contributed by atoms with Crippen LogP contribution in [0.1, 0.15) is 52.9 Å². The Morgan fingerprint density at radius 1 is 1.56 bits per heavy atom. The monoisotopic (exact) mass is 257 g/mol. The smallest absolute Gasteiger partial charge is 0.323 e. The zero-order chi connectivity index (χ0) is 13.8. The van der Waals surface area contributed by atoms with Crippen LogP contribution in [0.4, 0.5) is 0 Å². The van der Waals surface area contributed by atoms with E-state index in [-0.39, 0.29) is 6.10 Å². The Bertz CT molecular complexity index is 278. The Morgan fingerprint density at radius 3 is 2.78 bits per heavy atom. The second kappa shape index (κ2) is 6.53. The Labute approximate surface area is 110 Å². The highest BCUT2D eigenvalue weighted by Crippen LogP contribution is 2.29. The van der Waals surface area contributed by atoms with E-state index in [9.17, 15) is 4.79 Å². The molecule has 4 unspecified atom stereocenters. The van der Waals surface area contributed by atoms with Crippen LogP contribution in [-0.4, -0.2) is 29.3 Å². The molecule has 0 radical (unpaired) electrons. The van der Waals surface area contributed by atoms with Gasteiger partial charge in [-0.15, -0.1) is 0 Å². The molecule has 4 atom stereocenters. The summed E-state index contributed by atoms with van der Waals surface area (Å²) in [6, 6.07) is 0. The molecule has 0 heterocycles. The standard InChI is InChI=1S/C14H27NO3/c1-10-5-4-6-12(7-10)9-18-11(2)8-14(3,15)13(16)17/h10-12H,4-9,15H2,1-3H3,(H,16,17). The van der Waals surface area contributed by atoms with Gasteiger partial charge in [-0.3, -0.25) is 4.79 Å². The molecule has 0 amide bonds. The van der Waals surface area contributed by atoms with Crippen LogP contribution in [0.5, 0.6) is 0 Å². The number of rotatable bonds is 6. The minimum absolute atomic E-state index is 0.103. The fourth-order valence-corrected chi connectivity index (χ4v) is 2.75. The summed E-state index contributed by atoms with van der Waals surface area (Å²) in [5, 5.41) is 8.96. The third-order valence-electron chi connectivity index (χ3n) is 3.86. The summed E-state index contributed by atoms with van der Waals surface area (Å²) in [6.07, 6.45) is 5.32. The lowest BCUT2D eigenvalue weighted by Crippen LogP contribution is -2.47. The summed E-state index contributed by atoms with van der Waals surface area (Å²) in [5.41, 5.74) is 4.52. The van der Waals surface area contributed by atoms with Gasteiger partial charge in [-0.1, -0.05) is 19.8 Å². The zero-order valence-electron chi connectivity index (χ0n) is 11.8. The van der Waals surface area contributed by atoms with Gasteiger partial charge in [0, 0.05) is 13.0 Å². The van der Waals surface area contributed by atoms with E-state index in [1.54, 1.807) is 0 Å². The van der Waals surface area contributed by atoms with Crippen molar-refractivity contribution in [2.45, 2.75) is 64.5 Å². The van der Waals surface area contributed by atoms with Crippen molar-refractivity contribution < 1.29 is 14.6 Å². The van der Waals surface area contributed by atoms with Crippen molar-refractivity contribution in [1.82, 2.24) is 0 Å². The number of hydrogen-bond donors (Lipinski definition) is 2. The van der Waals surface area contributed by atoms with Gasteiger partial charge in [0.25, 0.3) is 0 Å². The molecule has 0 aromatic rings. The quantitative estimate of drug-likeness (QED) is 0.766. The molecule has 0 bridgehead atoms. The first-order valence-corrected chi connectivity index (χ1v) is 6.95. The molecule has 1 rings (SSSR count). The summed E-state index contributed by atoms with van der Waals surface area (Å²) in [6.45, 7) is 6.47. The zero-order valence-corrected chi connectivity index (χ0v) is 11.8. The van der Waals surface area contributed by atoms with Gasteiger partial charge in [0.15, 0.2) is 0 Å². The van der Waals surface area contributed by atoms with E-state index in [1.165, 1.54) is 32.6 Å². The maximum atomic E-state index is 10.9. The molecule has 0 saturated heterocycles. The second-order valence-electron chi connectivity index (χ2n) is 6.21. The van der Waals surface area contributed by atoms with Crippen LogP contribution in [0.15, 0.2) is 0 Å². The number of hydrogen-bond acceptors (Lipinski definition) is 3. The van der Waals surface area contributed by atoms with Crippen LogP contribution in [0.25, 0.3) is 0 Å². The minimum Gasteiger partial charge on any atom is -0.480 e. The average Bonchev–Trinajstić information content (AvgIpc) is 2.25. The lowest BCUT2D eigenvalue weighted by molar-refractivity contribution is -0.144. The minimum atomic E-state index is -1.20. The molecule has 4 nitrogen and oxygen atoms in total. The van der Waals surface area contributed by atoms with Gasteiger partial charge in [-0.2, -0.15) is 0 Å². The normalized spacial score (nSPS) is 29.6. The first-order chi connectivity index (χ1) is 8.31. The van der Waals surface area contributed by atoms with Crippen molar-refractivity contribution >= 4 is 5.97 Å². The third-order valence-corrected chi connectivity index (χ3v) is 3.86. The largest absolute Gasteiger partial charge is 0.480 e. The van der Waals surface area contributed by atoms with Crippen LogP contribution < -0.4 is 5.73 Å². The van der Waals surface area contributed by atoms with E-state index >= 15 is 0 Å². The second-order valence-corrected chi connectivity index (χ2v) is 6.21. The van der Waals surface area contributed by atoms with Crippen molar-refractivity contribution in [3.63, 3.8) is 0 Å². The summed E-state index contributed by atoms with van der Waals surface area (Å²) < 4.78 is 5.77. The number of nitrogens with two attached hydrogens (primary N) is 1. The van der Waals surface area contributed by atoms with Gasteiger partial charge < -0.3 is 15.6 Å². The Balaban J connectivity index is 2.28. The summed E-state index contributed by atoms with van der Waals surface area (Å²) in [7, 11) is 0. The topological polar surface area (TPSA) is 72.5 Å². The summed E-state index contributed by atoms with van der Waals surface area (Å²) in [5.74, 6) is 0.454. The number of carbonyl (C=O) groups is 1. The number of ether oxygens (including phenoxy) is 1. The molecule has 1 aliphatic rings. The van der Waals surface area contributed by atoms with Crippen molar-refractivity contribution in [3.05, 3.63) is 0 Å². The number of aliphatic carboxylic acids is 1. The van der Waals surface area contributed by atoms with E-state index in [0.29, 0.717) is 12.3 Å². The molecular formula is C14H27NO3. The van der Waals surface area contributed by atoms with Crippen molar-refractivity contribution in [1.29, 1.82) is 0 Å². The van der Waals surface area contributed by atoms with Crippen LogP contribution >= 0.6 is 0 Å². The van der Waals surface area contributed by atoms with E-state index in [1.807, 2.05) is 6.92 Å². The molecule has 0 aromatic carbocycles. The molecule has 3 N–H and O–H groups in total. The molecular weight excluding hydrogens is 230 g/mol. The van der Waals surface area contributed by atoms with Crippen LogP contribution in [0.3, 0.4) is 0 Å². The molecule has 1 saturated carbocycles. The highest BCUT2D eigenvalue weighted by molar-refractivity contribution is 5.77. The number of carboxylic acid groups (broad SMARTS) is 1. The summed E-state index contributed by atoms with van der Waals surface area (Å²) >= 11 is 0. The molecule has 106 valence electrons. The van der Waals surface area contributed by atoms with Crippen molar-refractivity contribution in [2.75, 3.05) is 6.61 Å². The Morgan fingerprint density at radius 2 is 2.22 bits per heavy atom. The maximum Gasteiger partial charge on any atom is 0.323 e. The van der Waals surface area contributed by atoms with Gasteiger partial charge in [0.1, 0.15) is 5.54 Å². The predicted molar refractivity (Wildman–Crippen MR) is 71.4 cm³/mol. The molecule has 1 aliphatic carbocycles. The SMILES string of the molecule is CC1CCCC(COC(C)CC(C)(N)C(=O)O)C1. The van der Waals surface area contributed by atoms with Crippen LogP contribution in [0, 0.1) is 11.8 Å². The van der Waals surface area contributed by atoms with Gasteiger partial charge in [-0.25, -0.2) is 0 Å². The molecule has 0 aliphatic heterocycles. The van der Waals surface area contributed by atoms with Crippen molar-refractivity contribution in [3.8, 4) is 0 Å². The highest BCUT2D eigenvalue weighted by atomic mass is 16.5. The first kappa shape index (κ1) is 15.4. The van der Waals surface area contributed by atoms with E-state index in [0.717, 1.165) is 12.5 Å². The molecule has 18 heavy (non-hydrogen) atoms. The lowest BCUT2D eigenvalue weighted by Gasteiger charge is -2.29. The van der Waals surface area contributed by atoms with E-state index < -0.39 is 11.5 Å².